The van der Waals surface area contributed by atoms with Gasteiger partial charge in [-0.3, -0.25) is 0 Å². The minimum absolute atomic E-state index is 0.0698. The fourth-order valence-electron chi connectivity index (χ4n) is 2.18. The Hall–Kier alpha value is -2.06. The highest BCUT2D eigenvalue weighted by atomic mass is 16.3. The van der Waals surface area contributed by atoms with Crippen molar-refractivity contribution >= 4 is 10.9 Å². The van der Waals surface area contributed by atoms with Gasteiger partial charge in [0.2, 0.25) is 0 Å². The number of fused-ring (bicyclic) bond motifs is 1. The number of rotatable bonds is 2. The van der Waals surface area contributed by atoms with Gasteiger partial charge in [0.1, 0.15) is 0 Å². The number of aromatic nitrogens is 1. The number of hydrogen-bond acceptors (Lipinski definition) is 1. The van der Waals surface area contributed by atoms with E-state index in [1.807, 2.05) is 42.6 Å². The van der Waals surface area contributed by atoms with E-state index in [1.54, 1.807) is 0 Å². The summed E-state index contributed by atoms with van der Waals surface area (Å²) in [5, 5.41) is 10.5. The van der Waals surface area contributed by atoms with Crippen molar-refractivity contribution in [2.75, 3.05) is 0 Å². The average molecular weight is 223 g/mol. The quantitative estimate of drug-likeness (QED) is 0.709. The van der Waals surface area contributed by atoms with Gasteiger partial charge >= 0.3 is 0 Å². The maximum atomic E-state index is 9.38. The van der Waals surface area contributed by atoms with Crippen molar-refractivity contribution in [1.29, 1.82) is 0 Å². The van der Waals surface area contributed by atoms with E-state index < -0.39 is 0 Å². The molecule has 3 aromatic rings. The van der Waals surface area contributed by atoms with Crippen LogP contribution in [-0.2, 0) is 6.61 Å². The molecular formula is C15H13NO. The summed E-state index contributed by atoms with van der Waals surface area (Å²) in [5.41, 5.74) is 3.20. The summed E-state index contributed by atoms with van der Waals surface area (Å²) in [6.07, 6.45) is 2.00. The first-order chi connectivity index (χ1) is 8.40. The lowest BCUT2D eigenvalue weighted by molar-refractivity contribution is 0.283. The Morgan fingerprint density at radius 3 is 2.35 bits per heavy atom. The first kappa shape index (κ1) is 10.1. The Bertz CT molecular complexity index is 640. The summed E-state index contributed by atoms with van der Waals surface area (Å²) in [6.45, 7) is 0.0698. The third kappa shape index (κ3) is 1.63. The normalized spacial score (nSPS) is 10.9. The topological polar surface area (TPSA) is 25.2 Å². The van der Waals surface area contributed by atoms with Crippen LogP contribution in [0.1, 0.15) is 5.56 Å². The minimum Gasteiger partial charge on any atom is -0.392 e. The third-order valence-electron chi connectivity index (χ3n) is 3.00. The fourth-order valence-corrected chi connectivity index (χ4v) is 2.18. The van der Waals surface area contributed by atoms with Crippen LogP contribution in [0.4, 0.5) is 0 Å². The second kappa shape index (κ2) is 4.07. The summed E-state index contributed by atoms with van der Waals surface area (Å²) in [6, 6.07) is 18.3. The standard InChI is InChI=1S/C15H13NO/c17-11-12-10-16(13-6-2-1-3-7-13)15-9-5-4-8-14(12)15/h1-10,17H,11H2. The van der Waals surface area contributed by atoms with Crippen LogP contribution < -0.4 is 0 Å². The Labute approximate surface area is 99.7 Å². The predicted molar refractivity (Wildman–Crippen MR) is 69.2 cm³/mol. The Balaban J connectivity index is 2.31. The molecule has 1 aromatic heterocycles. The van der Waals surface area contributed by atoms with Gasteiger partial charge in [-0.15, -0.1) is 0 Å². The molecule has 0 atom stereocenters. The van der Waals surface area contributed by atoms with Crippen LogP contribution in [-0.4, -0.2) is 9.67 Å². The molecule has 0 aliphatic rings. The summed E-state index contributed by atoms with van der Waals surface area (Å²) in [4.78, 5) is 0. The van der Waals surface area contributed by atoms with Gasteiger partial charge in [0.05, 0.1) is 12.1 Å². The number of benzene rings is 2. The molecule has 0 saturated carbocycles. The summed E-state index contributed by atoms with van der Waals surface area (Å²) in [5.74, 6) is 0. The SMILES string of the molecule is OCc1cn(-c2ccccc2)c2ccccc12. The molecule has 2 nitrogen and oxygen atoms in total. The molecule has 0 saturated heterocycles. The number of hydrogen-bond donors (Lipinski definition) is 1. The van der Waals surface area contributed by atoms with E-state index in [2.05, 4.69) is 22.8 Å². The van der Waals surface area contributed by atoms with Gasteiger partial charge in [0.25, 0.3) is 0 Å². The van der Waals surface area contributed by atoms with E-state index in [9.17, 15) is 5.11 Å². The number of para-hydroxylation sites is 2. The maximum Gasteiger partial charge on any atom is 0.0702 e. The summed E-state index contributed by atoms with van der Waals surface area (Å²) < 4.78 is 2.11. The van der Waals surface area contributed by atoms with Crippen molar-refractivity contribution in [2.45, 2.75) is 6.61 Å². The Morgan fingerprint density at radius 1 is 0.882 bits per heavy atom. The number of aliphatic hydroxyl groups excluding tert-OH is 1. The van der Waals surface area contributed by atoms with Crippen LogP contribution in [0.5, 0.6) is 0 Å². The molecule has 0 amide bonds. The van der Waals surface area contributed by atoms with Gasteiger partial charge in [-0.25, -0.2) is 0 Å². The van der Waals surface area contributed by atoms with Crippen molar-refractivity contribution in [2.24, 2.45) is 0 Å². The summed E-state index contributed by atoms with van der Waals surface area (Å²) in [7, 11) is 0. The molecule has 0 fully saturated rings. The van der Waals surface area contributed by atoms with E-state index in [1.165, 1.54) is 0 Å². The van der Waals surface area contributed by atoms with Crippen molar-refractivity contribution in [1.82, 2.24) is 4.57 Å². The van der Waals surface area contributed by atoms with Crippen LogP contribution in [0.2, 0.25) is 0 Å². The van der Waals surface area contributed by atoms with Crippen LogP contribution in [0, 0.1) is 0 Å². The molecule has 84 valence electrons. The first-order valence-corrected chi connectivity index (χ1v) is 5.65. The lowest BCUT2D eigenvalue weighted by Crippen LogP contribution is -1.90. The van der Waals surface area contributed by atoms with Crippen LogP contribution in [0.3, 0.4) is 0 Å². The van der Waals surface area contributed by atoms with E-state index in [0.717, 1.165) is 22.2 Å². The van der Waals surface area contributed by atoms with Crippen LogP contribution >= 0.6 is 0 Å². The largest absolute Gasteiger partial charge is 0.392 e. The second-order valence-corrected chi connectivity index (χ2v) is 4.04. The smallest absolute Gasteiger partial charge is 0.0702 e. The molecule has 1 N–H and O–H groups in total. The number of aliphatic hydroxyl groups is 1. The number of nitrogens with zero attached hydrogens (tertiary/aromatic N) is 1. The molecule has 0 bridgehead atoms. The van der Waals surface area contributed by atoms with E-state index in [4.69, 9.17) is 0 Å². The Morgan fingerprint density at radius 2 is 1.59 bits per heavy atom. The second-order valence-electron chi connectivity index (χ2n) is 4.04. The monoisotopic (exact) mass is 223 g/mol. The molecule has 3 rings (SSSR count). The lowest BCUT2D eigenvalue weighted by atomic mass is 10.2. The van der Waals surface area contributed by atoms with Gasteiger partial charge in [0, 0.05) is 22.8 Å². The minimum atomic E-state index is 0.0698. The lowest BCUT2D eigenvalue weighted by Gasteiger charge is -2.04. The van der Waals surface area contributed by atoms with Gasteiger partial charge < -0.3 is 9.67 Å². The van der Waals surface area contributed by atoms with E-state index >= 15 is 0 Å². The first-order valence-electron chi connectivity index (χ1n) is 5.65. The zero-order valence-corrected chi connectivity index (χ0v) is 9.38. The molecule has 17 heavy (non-hydrogen) atoms. The molecule has 0 radical (unpaired) electrons. The molecule has 2 heteroatoms. The van der Waals surface area contributed by atoms with Gasteiger partial charge in [-0.2, -0.15) is 0 Å². The Kier molecular flexibility index (Phi) is 2.42. The molecule has 0 unspecified atom stereocenters. The zero-order chi connectivity index (χ0) is 11.7. The average Bonchev–Trinajstić information content (AvgIpc) is 2.78. The van der Waals surface area contributed by atoms with Crippen molar-refractivity contribution < 1.29 is 5.11 Å². The third-order valence-corrected chi connectivity index (χ3v) is 3.00. The predicted octanol–water partition coefficient (Wildman–Crippen LogP) is 3.12. The molecule has 0 aliphatic carbocycles. The zero-order valence-electron chi connectivity index (χ0n) is 9.38. The van der Waals surface area contributed by atoms with Crippen LogP contribution in [0.25, 0.3) is 16.6 Å². The van der Waals surface area contributed by atoms with Crippen molar-refractivity contribution in [3.05, 3.63) is 66.4 Å². The van der Waals surface area contributed by atoms with Crippen molar-refractivity contribution in [3.63, 3.8) is 0 Å². The van der Waals surface area contributed by atoms with Gasteiger partial charge in [-0.05, 0) is 18.2 Å². The molecular weight excluding hydrogens is 210 g/mol. The summed E-state index contributed by atoms with van der Waals surface area (Å²) >= 11 is 0. The van der Waals surface area contributed by atoms with Crippen molar-refractivity contribution in [3.8, 4) is 5.69 Å². The maximum absolute atomic E-state index is 9.38. The highest BCUT2D eigenvalue weighted by Gasteiger charge is 2.07. The highest BCUT2D eigenvalue weighted by molar-refractivity contribution is 5.85. The molecule has 0 spiro atoms. The van der Waals surface area contributed by atoms with Crippen LogP contribution in [0.15, 0.2) is 60.8 Å². The van der Waals surface area contributed by atoms with E-state index in [0.29, 0.717) is 0 Å². The van der Waals surface area contributed by atoms with E-state index in [-0.39, 0.29) is 6.61 Å². The van der Waals surface area contributed by atoms with Gasteiger partial charge in [0.15, 0.2) is 0 Å². The molecule has 2 aromatic carbocycles. The molecule has 0 aliphatic heterocycles. The van der Waals surface area contributed by atoms with Gasteiger partial charge in [-0.1, -0.05) is 36.4 Å². The highest BCUT2D eigenvalue weighted by Crippen LogP contribution is 2.24. The fraction of sp³-hybridized carbons (Fsp3) is 0.0667. The molecule has 1 heterocycles.